The number of thiophene rings is 1. The quantitative estimate of drug-likeness (QED) is 0.244. The molecule has 32 heavy (non-hydrogen) atoms. The van der Waals surface area contributed by atoms with E-state index in [0.29, 0.717) is 28.0 Å². The van der Waals surface area contributed by atoms with Gasteiger partial charge in [0.15, 0.2) is 10.3 Å². The summed E-state index contributed by atoms with van der Waals surface area (Å²) in [5.41, 5.74) is 2.81. The molecule has 0 atom stereocenters. The second kappa shape index (κ2) is 9.56. The molecule has 0 saturated carbocycles. The van der Waals surface area contributed by atoms with Gasteiger partial charge in [0, 0.05) is 41.6 Å². The minimum atomic E-state index is -0.0234. The molecule has 0 N–H and O–H groups in total. The zero-order chi connectivity index (χ0) is 22.8. The summed E-state index contributed by atoms with van der Waals surface area (Å²) in [6.45, 7) is 8.07. The second-order valence-electron chi connectivity index (χ2n) is 7.53. The number of hydrogen-bond acceptors (Lipinski definition) is 7. The van der Waals surface area contributed by atoms with Gasteiger partial charge in [-0.15, -0.1) is 22.7 Å². The Morgan fingerprint density at radius 2 is 1.91 bits per heavy atom. The number of thioether (sulfide) groups is 1. The van der Waals surface area contributed by atoms with E-state index in [2.05, 4.69) is 4.98 Å². The SMILES string of the molecule is CCN(C(C)=O)c1nc(CSc2nc3scc(-c4ccccc4)c3c(=O)n2C(C)C)cs1. The van der Waals surface area contributed by atoms with Crippen LogP contribution in [0.4, 0.5) is 5.13 Å². The van der Waals surface area contributed by atoms with E-state index in [1.54, 1.807) is 16.4 Å². The molecule has 166 valence electrons. The summed E-state index contributed by atoms with van der Waals surface area (Å²) >= 11 is 4.46. The molecule has 0 aliphatic heterocycles. The van der Waals surface area contributed by atoms with E-state index in [1.807, 2.05) is 61.9 Å². The number of rotatable bonds is 7. The summed E-state index contributed by atoms with van der Waals surface area (Å²) in [4.78, 5) is 37.2. The zero-order valence-electron chi connectivity index (χ0n) is 18.4. The van der Waals surface area contributed by atoms with Crippen molar-refractivity contribution in [2.45, 2.75) is 44.6 Å². The molecule has 0 bridgehead atoms. The van der Waals surface area contributed by atoms with Crippen molar-refractivity contribution in [3.05, 3.63) is 57.1 Å². The van der Waals surface area contributed by atoms with Gasteiger partial charge in [-0.3, -0.25) is 19.1 Å². The third-order valence-electron chi connectivity index (χ3n) is 5.02. The van der Waals surface area contributed by atoms with Crippen LogP contribution in [0.2, 0.25) is 0 Å². The van der Waals surface area contributed by atoms with Gasteiger partial charge in [-0.1, -0.05) is 42.1 Å². The maximum Gasteiger partial charge on any atom is 0.263 e. The van der Waals surface area contributed by atoms with Crippen LogP contribution in [0.3, 0.4) is 0 Å². The van der Waals surface area contributed by atoms with E-state index in [0.717, 1.165) is 21.7 Å². The Morgan fingerprint density at radius 1 is 1.16 bits per heavy atom. The van der Waals surface area contributed by atoms with Crippen LogP contribution >= 0.6 is 34.4 Å². The van der Waals surface area contributed by atoms with Gasteiger partial charge in [0.25, 0.3) is 5.56 Å². The van der Waals surface area contributed by atoms with E-state index >= 15 is 0 Å². The Bertz CT molecular complexity index is 1310. The summed E-state index contributed by atoms with van der Waals surface area (Å²) in [5, 5.41) is 6.04. The molecular weight excluding hydrogens is 460 g/mol. The molecule has 0 saturated heterocycles. The lowest BCUT2D eigenvalue weighted by molar-refractivity contribution is -0.116. The first-order chi connectivity index (χ1) is 15.4. The van der Waals surface area contributed by atoms with Crippen LogP contribution in [-0.2, 0) is 10.5 Å². The predicted molar refractivity (Wildman–Crippen MR) is 135 cm³/mol. The highest BCUT2D eigenvalue weighted by Gasteiger charge is 2.20. The van der Waals surface area contributed by atoms with Gasteiger partial charge >= 0.3 is 0 Å². The average Bonchev–Trinajstić information content (AvgIpc) is 3.40. The topological polar surface area (TPSA) is 68.1 Å². The van der Waals surface area contributed by atoms with Gasteiger partial charge in [0.2, 0.25) is 5.91 Å². The molecule has 0 unspecified atom stereocenters. The first kappa shape index (κ1) is 22.7. The van der Waals surface area contributed by atoms with E-state index in [4.69, 9.17) is 4.98 Å². The van der Waals surface area contributed by atoms with Crippen molar-refractivity contribution in [2.75, 3.05) is 11.4 Å². The largest absolute Gasteiger partial charge is 0.289 e. The van der Waals surface area contributed by atoms with E-state index in [9.17, 15) is 9.59 Å². The van der Waals surface area contributed by atoms with Gasteiger partial charge in [-0.25, -0.2) is 9.97 Å². The van der Waals surface area contributed by atoms with E-state index in [-0.39, 0.29) is 17.5 Å². The Labute approximate surface area is 199 Å². The number of fused-ring (bicyclic) bond motifs is 1. The Morgan fingerprint density at radius 3 is 2.56 bits per heavy atom. The summed E-state index contributed by atoms with van der Waals surface area (Å²) < 4.78 is 1.77. The Kier molecular flexibility index (Phi) is 6.78. The van der Waals surface area contributed by atoms with Crippen LogP contribution in [0.25, 0.3) is 21.3 Å². The van der Waals surface area contributed by atoms with Crippen molar-refractivity contribution in [2.24, 2.45) is 0 Å². The Hall–Kier alpha value is -2.49. The number of carbonyl (C=O) groups is 1. The molecule has 6 nitrogen and oxygen atoms in total. The Balaban J connectivity index is 1.68. The molecular formula is C23H24N4O2S3. The van der Waals surface area contributed by atoms with Crippen LogP contribution in [-0.4, -0.2) is 27.0 Å². The van der Waals surface area contributed by atoms with Gasteiger partial charge < -0.3 is 0 Å². The standard InChI is InChI=1S/C23H24N4O2S3/c1-5-26(15(4)28)22-24-17(11-31-22)12-32-23-25-20-19(21(29)27(23)14(2)3)18(13-30-20)16-9-7-6-8-10-16/h6-11,13-14H,5,12H2,1-4H3. The summed E-state index contributed by atoms with van der Waals surface area (Å²) in [7, 11) is 0. The summed E-state index contributed by atoms with van der Waals surface area (Å²) in [6.07, 6.45) is 0. The van der Waals surface area contributed by atoms with Crippen molar-refractivity contribution in [1.82, 2.24) is 14.5 Å². The van der Waals surface area contributed by atoms with E-state index < -0.39 is 0 Å². The van der Waals surface area contributed by atoms with Crippen molar-refractivity contribution >= 4 is 55.7 Å². The summed E-state index contributed by atoms with van der Waals surface area (Å²) in [5.74, 6) is 0.557. The monoisotopic (exact) mass is 484 g/mol. The predicted octanol–water partition coefficient (Wildman–Crippen LogP) is 5.83. The van der Waals surface area contributed by atoms with Gasteiger partial charge in [0.05, 0.1) is 11.1 Å². The average molecular weight is 485 g/mol. The third-order valence-corrected chi connectivity index (χ3v) is 7.80. The van der Waals surface area contributed by atoms with E-state index in [1.165, 1.54) is 34.4 Å². The lowest BCUT2D eigenvalue weighted by Gasteiger charge is -2.15. The molecule has 1 amide bonds. The number of hydrogen-bond donors (Lipinski definition) is 0. The zero-order valence-corrected chi connectivity index (χ0v) is 20.8. The second-order valence-corrected chi connectivity index (χ2v) is 10.2. The number of anilines is 1. The molecule has 0 aliphatic rings. The number of aromatic nitrogens is 3. The number of nitrogens with zero attached hydrogens (tertiary/aromatic N) is 4. The molecule has 4 aromatic rings. The fourth-order valence-electron chi connectivity index (χ4n) is 3.49. The number of carbonyl (C=O) groups excluding carboxylic acids is 1. The highest BCUT2D eigenvalue weighted by molar-refractivity contribution is 7.98. The normalized spacial score (nSPS) is 11.4. The molecule has 9 heteroatoms. The molecule has 3 aromatic heterocycles. The van der Waals surface area contributed by atoms with Gasteiger partial charge in [-0.05, 0) is 26.3 Å². The van der Waals surface area contributed by atoms with Gasteiger partial charge in [-0.2, -0.15) is 0 Å². The van der Waals surface area contributed by atoms with Gasteiger partial charge in [0.1, 0.15) is 4.83 Å². The van der Waals surface area contributed by atoms with Crippen molar-refractivity contribution in [3.63, 3.8) is 0 Å². The molecule has 0 fully saturated rings. The van der Waals surface area contributed by atoms with Crippen molar-refractivity contribution in [3.8, 4) is 11.1 Å². The minimum Gasteiger partial charge on any atom is -0.289 e. The number of amides is 1. The maximum absolute atomic E-state index is 13.5. The minimum absolute atomic E-state index is 0.0136. The smallest absolute Gasteiger partial charge is 0.263 e. The van der Waals surface area contributed by atoms with Crippen molar-refractivity contribution < 1.29 is 4.79 Å². The van der Waals surface area contributed by atoms with Crippen molar-refractivity contribution in [1.29, 1.82) is 0 Å². The van der Waals surface area contributed by atoms with Crippen LogP contribution in [0.15, 0.2) is 51.0 Å². The molecule has 1 aromatic carbocycles. The molecule has 0 radical (unpaired) electrons. The van der Waals surface area contributed by atoms with Crippen LogP contribution in [0, 0.1) is 0 Å². The lowest BCUT2D eigenvalue weighted by Crippen LogP contribution is -2.27. The maximum atomic E-state index is 13.5. The highest BCUT2D eigenvalue weighted by atomic mass is 32.2. The fraction of sp³-hybridized carbons (Fsp3) is 0.304. The van der Waals surface area contributed by atoms with Crippen LogP contribution in [0.5, 0.6) is 0 Å². The molecule has 4 rings (SSSR count). The highest BCUT2D eigenvalue weighted by Crippen LogP contribution is 2.33. The fourth-order valence-corrected chi connectivity index (χ4v) is 6.54. The molecule has 3 heterocycles. The first-order valence-corrected chi connectivity index (χ1v) is 13.1. The first-order valence-electron chi connectivity index (χ1n) is 10.3. The van der Waals surface area contributed by atoms with Crippen LogP contribution in [0.1, 0.15) is 39.4 Å². The third kappa shape index (κ3) is 4.37. The summed E-state index contributed by atoms with van der Waals surface area (Å²) in [6, 6.07) is 9.94. The number of benzene rings is 1. The number of thiazole rings is 1. The molecule has 0 spiro atoms. The lowest BCUT2D eigenvalue weighted by atomic mass is 10.1. The van der Waals surface area contributed by atoms with Crippen LogP contribution < -0.4 is 10.5 Å². The molecule has 0 aliphatic carbocycles.